The van der Waals surface area contributed by atoms with E-state index in [1.807, 2.05) is 0 Å². The third kappa shape index (κ3) is 6.36. The Balaban J connectivity index is 1.45. The summed E-state index contributed by atoms with van der Waals surface area (Å²) in [7, 11) is 0. The number of carboxylic acids is 1. The van der Waals surface area contributed by atoms with Crippen LogP contribution < -0.4 is 5.32 Å². The molecule has 3 amide bonds. The molecule has 2 heterocycles. The minimum Gasteiger partial charge on any atom is -0.480 e. The van der Waals surface area contributed by atoms with E-state index in [2.05, 4.69) is 5.32 Å². The van der Waals surface area contributed by atoms with Crippen LogP contribution in [0.1, 0.15) is 70.4 Å². The second-order valence-corrected chi connectivity index (χ2v) is 11.3. The van der Waals surface area contributed by atoms with Gasteiger partial charge in [0.25, 0.3) is 0 Å². The Morgan fingerprint density at radius 1 is 1.11 bits per heavy atom. The largest absolute Gasteiger partial charge is 0.480 e. The van der Waals surface area contributed by atoms with Gasteiger partial charge in [-0.25, -0.2) is 18.8 Å². The molecule has 0 radical (unpaired) electrons. The number of nitrogens with one attached hydrogen (secondary N) is 1. The number of carbonyl (C=O) groups is 4. The number of fused-ring (bicyclic) bond motifs is 1. The number of amides is 3. The fourth-order valence-electron chi connectivity index (χ4n) is 5.55. The van der Waals surface area contributed by atoms with Gasteiger partial charge < -0.3 is 24.8 Å². The Morgan fingerprint density at radius 2 is 1.82 bits per heavy atom. The van der Waals surface area contributed by atoms with Crippen molar-refractivity contribution < 1.29 is 38.1 Å². The molecular formula is C27H36FN3O7. The first-order valence-electron chi connectivity index (χ1n) is 13.2. The van der Waals surface area contributed by atoms with Crippen LogP contribution in [0.15, 0.2) is 18.2 Å². The second-order valence-electron chi connectivity index (χ2n) is 11.3. The number of rotatable bonds is 5. The normalized spacial score (nSPS) is 22.5. The minimum absolute atomic E-state index is 0.0577. The van der Waals surface area contributed by atoms with Gasteiger partial charge in [-0.1, -0.05) is 31.4 Å². The lowest BCUT2D eigenvalue weighted by molar-refractivity contribution is -0.149. The van der Waals surface area contributed by atoms with Gasteiger partial charge in [0.2, 0.25) is 5.91 Å². The topological polar surface area (TPSA) is 125 Å². The van der Waals surface area contributed by atoms with E-state index in [0.717, 1.165) is 32.1 Å². The summed E-state index contributed by atoms with van der Waals surface area (Å²) in [5, 5.41) is 12.6. The molecule has 1 aliphatic carbocycles. The van der Waals surface area contributed by atoms with E-state index < -0.39 is 53.7 Å². The number of carboxylic acid groups (broad SMARTS) is 1. The molecule has 2 N–H and O–H groups in total. The molecule has 0 aromatic heterocycles. The van der Waals surface area contributed by atoms with Crippen molar-refractivity contribution in [1.29, 1.82) is 0 Å². The van der Waals surface area contributed by atoms with Gasteiger partial charge in [0.05, 0.1) is 13.1 Å². The van der Waals surface area contributed by atoms with E-state index in [-0.39, 0.29) is 32.0 Å². The van der Waals surface area contributed by atoms with E-state index in [0.29, 0.717) is 11.1 Å². The lowest BCUT2D eigenvalue weighted by Crippen LogP contribution is -2.55. The van der Waals surface area contributed by atoms with Crippen LogP contribution in [0.3, 0.4) is 0 Å². The van der Waals surface area contributed by atoms with Crippen LogP contribution in [-0.2, 0) is 32.2 Å². The molecule has 1 aromatic carbocycles. The third-order valence-corrected chi connectivity index (χ3v) is 7.34. The van der Waals surface area contributed by atoms with E-state index in [1.54, 1.807) is 32.9 Å². The maximum absolute atomic E-state index is 14.1. The average molecular weight is 534 g/mol. The van der Waals surface area contributed by atoms with Crippen LogP contribution in [0.2, 0.25) is 0 Å². The fraction of sp³-hybridized carbons (Fsp3) is 0.630. The number of ether oxygens (including phenoxy) is 2. The molecule has 208 valence electrons. The first-order chi connectivity index (χ1) is 17.9. The van der Waals surface area contributed by atoms with Gasteiger partial charge >= 0.3 is 18.2 Å². The lowest BCUT2D eigenvalue weighted by Gasteiger charge is -2.34. The summed E-state index contributed by atoms with van der Waals surface area (Å²) in [6.07, 6.45) is 1.94. The van der Waals surface area contributed by atoms with Gasteiger partial charge in [-0.05, 0) is 51.2 Å². The quantitative estimate of drug-likeness (QED) is 0.590. The van der Waals surface area contributed by atoms with Crippen LogP contribution in [0, 0.1) is 11.7 Å². The van der Waals surface area contributed by atoms with E-state index >= 15 is 0 Å². The molecule has 3 aliphatic rings. The van der Waals surface area contributed by atoms with E-state index in [4.69, 9.17) is 9.47 Å². The zero-order chi connectivity index (χ0) is 27.6. The van der Waals surface area contributed by atoms with Crippen LogP contribution in [0.5, 0.6) is 0 Å². The molecule has 10 nitrogen and oxygen atoms in total. The molecule has 3 atom stereocenters. The summed E-state index contributed by atoms with van der Waals surface area (Å²) >= 11 is 0. The number of hydrogen-bond acceptors (Lipinski definition) is 6. The number of halogens is 1. The smallest absolute Gasteiger partial charge is 0.410 e. The van der Waals surface area contributed by atoms with E-state index in [1.165, 1.54) is 15.9 Å². The Kier molecular flexibility index (Phi) is 8.13. The monoisotopic (exact) mass is 533 g/mol. The van der Waals surface area contributed by atoms with Crippen LogP contribution in [0.4, 0.5) is 14.0 Å². The predicted octanol–water partition coefficient (Wildman–Crippen LogP) is 3.81. The first kappa shape index (κ1) is 27.7. The van der Waals surface area contributed by atoms with Crippen molar-refractivity contribution in [2.24, 2.45) is 5.92 Å². The zero-order valence-corrected chi connectivity index (χ0v) is 22.1. The number of benzene rings is 1. The third-order valence-electron chi connectivity index (χ3n) is 7.34. The predicted molar refractivity (Wildman–Crippen MR) is 133 cm³/mol. The molecule has 1 saturated heterocycles. The van der Waals surface area contributed by atoms with Crippen molar-refractivity contribution in [1.82, 2.24) is 15.1 Å². The molecule has 38 heavy (non-hydrogen) atoms. The molecule has 0 spiro atoms. The molecule has 11 heteroatoms. The fourth-order valence-corrected chi connectivity index (χ4v) is 5.55. The highest BCUT2D eigenvalue weighted by Gasteiger charge is 2.46. The van der Waals surface area contributed by atoms with Crippen LogP contribution in [-0.4, -0.2) is 69.3 Å². The molecule has 0 unspecified atom stereocenters. The second kappa shape index (κ2) is 11.2. The molecule has 1 aromatic rings. The minimum atomic E-state index is -1.22. The number of nitrogens with zero attached hydrogens (tertiary/aromatic N) is 2. The summed E-state index contributed by atoms with van der Waals surface area (Å²) in [6.45, 7) is 5.29. The zero-order valence-electron chi connectivity index (χ0n) is 22.1. The number of alkyl carbamates (subject to hydrolysis) is 1. The Labute approximate surface area is 221 Å². The van der Waals surface area contributed by atoms with Crippen molar-refractivity contribution in [3.8, 4) is 0 Å². The molecule has 2 aliphatic heterocycles. The maximum atomic E-state index is 14.1. The summed E-state index contributed by atoms with van der Waals surface area (Å²) < 4.78 is 25.1. The van der Waals surface area contributed by atoms with Crippen molar-refractivity contribution in [2.45, 2.75) is 96.2 Å². The maximum Gasteiger partial charge on any atom is 0.410 e. The average Bonchev–Trinajstić information content (AvgIpc) is 3.47. The molecule has 4 rings (SSSR count). The van der Waals surface area contributed by atoms with Crippen molar-refractivity contribution in [3.05, 3.63) is 35.1 Å². The highest BCUT2D eigenvalue weighted by molar-refractivity contribution is 5.90. The van der Waals surface area contributed by atoms with Crippen molar-refractivity contribution in [2.75, 3.05) is 6.54 Å². The van der Waals surface area contributed by atoms with Crippen LogP contribution in [0.25, 0.3) is 0 Å². The van der Waals surface area contributed by atoms with Crippen LogP contribution >= 0.6 is 0 Å². The summed E-state index contributed by atoms with van der Waals surface area (Å²) in [5.74, 6) is -2.29. The Bertz CT molecular complexity index is 1080. The summed E-state index contributed by atoms with van der Waals surface area (Å²) in [5.41, 5.74) is 0.357. The molecule has 0 bridgehead atoms. The van der Waals surface area contributed by atoms with Gasteiger partial charge in [0.1, 0.15) is 29.6 Å². The standard InChI is InChI=1S/C27H36FN3O7/c1-27(2,3)38-25(35)29-22(16-8-5-4-6-9-16)23(32)31-14-18(12-21(31)24(33)34)37-26(36)30-13-17-10-7-11-20(28)19(17)15-30/h7,10-11,16,18,21-22H,4-6,8-9,12-15H2,1-3H3,(H,29,35)(H,33,34)/t18-,21+,22+/m1/s1. The van der Waals surface area contributed by atoms with Crippen molar-refractivity contribution >= 4 is 24.1 Å². The Morgan fingerprint density at radius 3 is 2.45 bits per heavy atom. The van der Waals surface area contributed by atoms with E-state index in [9.17, 15) is 28.7 Å². The number of carbonyl (C=O) groups excluding carboxylic acids is 3. The molecular weight excluding hydrogens is 497 g/mol. The number of aliphatic carboxylic acids is 1. The molecule has 1 saturated carbocycles. The Hall–Kier alpha value is -3.37. The van der Waals surface area contributed by atoms with Gasteiger partial charge in [-0.2, -0.15) is 0 Å². The van der Waals surface area contributed by atoms with Crippen molar-refractivity contribution in [3.63, 3.8) is 0 Å². The highest BCUT2D eigenvalue weighted by Crippen LogP contribution is 2.31. The van der Waals surface area contributed by atoms with Gasteiger partial charge in [-0.3, -0.25) is 9.69 Å². The van der Waals surface area contributed by atoms with Gasteiger partial charge in [0, 0.05) is 18.5 Å². The lowest BCUT2D eigenvalue weighted by atomic mass is 9.83. The summed E-state index contributed by atoms with van der Waals surface area (Å²) in [4.78, 5) is 53.8. The highest BCUT2D eigenvalue weighted by atomic mass is 19.1. The first-order valence-corrected chi connectivity index (χ1v) is 13.2. The van der Waals surface area contributed by atoms with Gasteiger partial charge in [-0.15, -0.1) is 0 Å². The SMILES string of the molecule is CC(C)(C)OC(=O)N[C@H](C(=O)N1C[C@H](OC(=O)N2Cc3cccc(F)c3C2)C[C@H]1C(=O)O)C1CCCCC1. The van der Waals surface area contributed by atoms with Gasteiger partial charge in [0.15, 0.2) is 0 Å². The number of likely N-dealkylation sites (tertiary alicyclic amines) is 1. The summed E-state index contributed by atoms with van der Waals surface area (Å²) in [6, 6.07) is 2.50. The number of hydrogen-bond donors (Lipinski definition) is 2. The molecule has 2 fully saturated rings.